The van der Waals surface area contributed by atoms with Gasteiger partial charge in [0.05, 0.1) is 42.2 Å². The number of carbonyl (C=O) groups excluding carboxylic acids is 1. The van der Waals surface area contributed by atoms with E-state index in [0.717, 1.165) is 23.7 Å². The molecule has 3 aromatic rings. The molecule has 1 aliphatic heterocycles. The van der Waals surface area contributed by atoms with Gasteiger partial charge < -0.3 is 25.4 Å². The fraction of sp³-hybridized carbons (Fsp3) is 0.318. The van der Waals surface area contributed by atoms with E-state index in [2.05, 4.69) is 38.4 Å². The van der Waals surface area contributed by atoms with Gasteiger partial charge in [0.1, 0.15) is 0 Å². The van der Waals surface area contributed by atoms with E-state index in [-0.39, 0.29) is 23.3 Å². The number of aromatic hydroxyl groups is 1. The molecule has 1 fully saturated rings. The quantitative estimate of drug-likeness (QED) is 0.478. The summed E-state index contributed by atoms with van der Waals surface area (Å²) in [5.74, 6) is 0.790. The van der Waals surface area contributed by atoms with Gasteiger partial charge in [-0.2, -0.15) is 8.75 Å². The zero-order valence-electron chi connectivity index (χ0n) is 17.2. The molecule has 4 rings (SSSR count). The highest BCUT2D eigenvalue weighted by molar-refractivity contribution is 6.99. The van der Waals surface area contributed by atoms with Crippen molar-refractivity contribution in [2.75, 3.05) is 36.9 Å². The number of anilines is 3. The molecule has 1 amide bonds. The molecule has 1 unspecified atom stereocenters. The second-order valence-corrected chi connectivity index (χ2v) is 7.74. The number of morpholine rings is 1. The lowest BCUT2D eigenvalue weighted by Crippen LogP contribution is -2.40. The van der Waals surface area contributed by atoms with Crippen molar-refractivity contribution >= 4 is 35.0 Å². The Bertz CT molecular complexity index is 1020. The summed E-state index contributed by atoms with van der Waals surface area (Å²) in [5, 5.41) is 17.3. The molecular weight excluding hydrogens is 414 g/mol. The lowest BCUT2D eigenvalue weighted by atomic mass is 10.0. The van der Waals surface area contributed by atoms with Crippen LogP contribution >= 0.6 is 11.7 Å². The second kappa shape index (κ2) is 9.76. The second-order valence-electron chi connectivity index (χ2n) is 7.21. The Balaban J connectivity index is 1.53. The van der Waals surface area contributed by atoms with Crippen molar-refractivity contribution in [3.8, 4) is 5.75 Å². The summed E-state index contributed by atoms with van der Waals surface area (Å²) >= 11 is 1.08. The van der Waals surface area contributed by atoms with Crippen LogP contribution < -0.4 is 10.6 Å². The molecule has 0 saturated carbocycles. The first-order valence-electron chi connectivity index (χ1n) is 10.3. The standard InChI is InChI=1S/C22H25N5O3S/c1-2-17(15-7-4-3-5-8-15)23-20-21(26-31-25-20)24-18-10-6-9-16(19(18)28)22(29)27-11-13-30-14-12-27/h3-10,17,28H,2,11-14H2,1H3,(H,23,25)(H,24,26). The Kier molecular flexibility index (Phi) is 6.63. The first-order chi connectivity index (χ1) is 15.2. The fourth-order valence-electron chi connectivity index (χ4n) is 3.52. The van der Waals surface area contributed by atoms with Gasteiger partial charge in [-0.05, 0) is 24.1 Å². The molecule has 1 saturated heterocycles. The molecule has 2 heterocycles. The van der Waals surface area contributed by atoms with Gasteiger partial charge in [-0.1, -0.05) is 43.3 Å². The Morgan fingerprint density at radius 3 is 2.61 bits per heavy atom. The van der Waals surface area contributed by atoms with Crippen LogP contribution in [-0.4, -0.2) is 51.0 Å². The van der Waals surface area contributed by atoms with Crippen LogP contribution in [0, 0.1) is 0 Å². The van der Waals surface area contributed by atoms with Gasteiger partial charge in [0.2, 0.25) is 0 Å². The van der Waals surface area contributed by atoms with Gasteiger partial charge in [-0.25, -0.2) is 0 Å². The minimum atomic E-state index is -0.214. The normalized spacial score (nSPS) is 14.8. The van der Waals surface area contributed by atoms with Crippen LogP contribution in [0.2, 0.25) is 0 Å². The largest absolute Gasteiger partial charge is 0.505 e. The van der Waals surface area contributed by atoms with Crippen molar-refractivity contribution in [2.45, 2.75) is 19.4 Å². The number of nitrogens with zero attached hydrogens (tertiary/aromatic N) is 3. The molecule has 1 aromatic heterocycles. The number of phenols is 1. The van der Waals surface area contributed by atoms with Crippen molar-refractivity contribution in [1.82, 2.24) is 13.6 Å². The van der Waals surface area contributed by atoms with Crippen molar-refractivity contribution in [1.29, 1.82) is 0 Å². The molecule has 0 aliphatic carbocycles. The molecule has 0 spiro atoms. The first-order valence-corrected chi connectivity index (χ1v) is 11.0. The van der Waals surface area contributed by atoms with Gasteiger partial charge in [-0.15, -0.1) is 0 Å². The molecule has 0 bridgehead atoms. The van der Waals surface area contributed by atoms with Crippen LogP contribution in [0.3, 0.4) is 0 Å². The van der Waals surface area contributed by atoms with Crippen LogP contribution in [0.4, 0.5) is 17.3 Å². The highest BCUT2D eigenvalue weighted by Crippen LogP contribution is 2.34. The molecule has 9 heteroatoms. The zero-order chi connectivity index (χ0) is 21.6. The third kappa shape index (κ3) is 4.78. The van der Waals surface area contributed by atoms with Crippen molar-refractivity contribution < 1.29 is 14.6 Å². The number of rotatable bonds is 7. The van der Waals surface area contributed by atoms with E-state index in [0.29, 0.717) is 43.6 Å². The maximum absolute atomic E-state index is 12.8. The van der Waals surface area contributed by atoms with E-state index in [1.54, 1.807) is 23.1 Å². The average molecular weight is 440 g/mol. The summed E-state index contributed by atoms with van der Waals surface area (Å²) < 4.78 is 14.0. The molecular formula is C22H25N5O3S. The maximum Gasteiger partial charge on any atom is 0.257 e. The van der Waals surface area contributed by atoms with Gasteiger partial charge in [0.25, 0.3) is 5.91 Å². The number of ether oxygens (including phenoxy) is 1. The number of hydrogen-bond acceptors (Lipinski definition) is 8. The van der Waals surface area contributed by atoms with Crippen molar-refractivity contribution in [3.05, 3.63) is 59.7 Å². The monoisotopic (exact) mass is 439 g/mol. The van der Waals surface area contributed by atoms with Crippen LogP contribution in [0.25, 0.3) is 0 Å². The molecule has 0 radical (unpaired) electrons. The minimum Gasteiger partial charge on any atom is -0.505 e. The summed E-state index contributed by atoms with van der Waals surface area (Å²) in [6.07, 6.45) is 0.871. The van der Waals surface area contributed by atoms with Crippen LogP contribution in [0.5, 0.6) is 5.75 Å². The number of amides is 1. The Morgan fingerprint density at radius 1 is 1.13 bits per heavy atom. The van der Waals surface area contributed by atoms with Gasteiger partial charge >= 0.3 is 0 Å². The van der Waals surface area contributed by atoms with Crippen LogP contribution in [-0.2, 0) is 4.74 Å². The molecule has 162 valence electrons. The van der Waals surface area contributed by atoms with Crippen LogP contribution in [0.15, 0.2) is 48.5 Å². The number of aromatic nitrogens is 2. The number of para-hydroxylation sites is 1. The fourth-order valence-corrected chi connectivity index (χ4v) is 3.99. The van der Waals surface area contributed by atoms with E-state index in [1.807, 2.05) is 18.2 Å². The minimum absolute atomic E-state index is 0.0773. The van der Waals surface area contributed by atoms with Gasteiger partial charge in [0, 0.05) is 13.1 Å². The van der Waals surface area contributed by atoms with E-state index in [4.69, 9.17) is 4.74 Å². The summed E-state index contributed by atoms with van der Waals surface area (Å²) in [4.78, 5) is 14.5. The topological polar surface area (TPSA) is 99.6 Å². The third-order valence-corrected chi connectivity index (χ3v) is 5.76. The van der Waals surface area contributed by atoms with Gasteiger partial charge in [0.15, 0.2) is 17.4 Å². The van der Waals surface area contributed by atoms with E-state index < -0.39 is 0 Å². The molecule has 31 heavy (non-hydrogen) atoms. The Morgan fingerprint density at radius 2 is 1.87 bits per heavy atom. The van der Waals surface area contributed by atoms with Crippen LogP contribution in [0.1, 0.15) is 35.3 Å². The third-order valence-electron chi connectivity index (χ3n) is 5.23. The van der Waals surface area contributed by atoms with Crippen molar-refractivity contribution in [3.63, 3.8) is 0 Å². The number of phenolic OH excluding ortho intramolecular Hbond substituents is 1. The SMILES string of the molecule is CCC(Nc1nsnc1Nc1cccc(C(=O)N2CCOCC2)c1O)c1ccccc1. The Hall–Kier alpha value is -3.17. The summed E-state index contributed by atoms with van der Waals surface area (Å²) in [5.41, 5.74) is 1.81. The number of carbonyl (C=O) groups is 1. The van der Waals surface area contributed by atoms with E-state index >= 15 is 0 Å². The zero-order valence-corrected chi connectivity index (χ0v) is 18.1. The molecule has 1 aliphatic rings. The average Bonchev–Trinajstić information content (AvgIpc) is 3.26. The summed E-state index contributed by atoms with van der Waals surface area (Å²) in [6, 6.07) is 15.3. The molecule has 3 N–H and O–H groups in total. The molecule has 1 atom stereocenters. The van der Waals surface area contributed by atoms with E-state index in [9.17, 15) is 9.90 Å². The summed E-state index contributed by atoms with van der Waals surface area (Å²) in [6.45, 7) is 4.13. The Labute approximate surface area is 185 Å². The lowest BCUT2D eigenvalue weighted by molar-refractivity contribution is 0.0301. The molecule has 2 aromatic carbocycles. The smallest absolute Gasteiger partial charge is 0.257 e. The maximum atomic E-state index is 12.8. The highest BCUT2D eigenvalue weighted by atomic mass is 32.1. The number of nitrogens with one attached hydrogen (secondary N) is 2. The number of benzene rings is 2. The predicted octanol–water partition coefficient (Wildman–Crippen LogP) is 4.02. The van der Waals surface area contributed by atoms with Gasteiger partial charge in [-0.3, -0.25) is 4.79 Å². The number of hydrogen-bond donors (Lipinski definition) is 3. The summed E-state index contributed by atoms with van der Waals surface area (Å²) in [7, 11) is 0. The van der Waals surface area contributed by atoms with Crippen molar-refractivity contribution in [2.24, 2.45) is 0 Å². The van der Waals surface area contributed by atoms with E-state index in [1.165, 1.54) is 0 Å². The predicted molar refractivity (Wildman–Crippen MR) is 121 cm³/mol. The first kappa shape index (κ1) is 21.1. The molecule has 8 nitrogen and oxygen atoms in total. The lowest BCUT2D eigenvalue weighted by Gasteiger charge is -2.27. The highest BCUT2D eigenvalue weighted by Gasteiger charge is 2.23.